The summed E-state index contributed by atoms with van der Waals surface area (Å²) in [4.78, 5) is 14.4. The molecule has 3 rings (SSSR count). The number of carbonyl (C=O) groups excluding carboxylic acids is 1. The van der Waals surface area contributed by atoms with Gasteiger partial charge in [0.15, 0.2) is 0 Å². The predicted octanol–water partition coefficient (Wildman–Crippen LogP) is 2.79. The van der Waals surface area contributed by atoms with Crippen molar-refractivity contribution >= 4 is 5.91 Å². The first-order chi connectivity index (χ1) is 11.1. The first-order valence-electron chi connectivity index (χ1n) is 7.81. The van der Waals surface area contributed by atoms with Gasteiger partial charge in [-0.1, -0.05) is 0 Å². The molecule has 1 amide bonds. The molecule has 0 radical (unpaired) electrons. The van der Waals surface area contributed by atoms with Gasteiger partial charge in [-0.2, -0.15) is 5.10 Å². The predicted molar refractivity (Wildman–Crippen MR) is 83.8 cm³/mol. The number of H-pyrrole nitrogens is 1. The fourth-order valence-electron chi connectivity index (χ4n) is 2.87. The highest BCUT2D eigenvalue weighted by molar-refractivity contribution is 5.95. The second-order valence-corrected chi connectivity index (χ2v) is 5.93. The van der Waals surface area contributed by atoms with E-state index in [0.29, 0.717) is 24.5 Å². The Morgan fingerprint density at radius 2 is 2.22 bits per heavy atom. The maximum absolute atomic E-state index is 12.9. The van der Waals surface area contributed by atoms with Crippen LogP contribution in [0.2, 0.25) is 0 Å². The average molecular weight is 317 g/mol. The molecule has 1 aromatic carbocycles. The number of rotatable bonds is 4. The first-order valence-corrected chi connectivity index (χ1v) is 7.81. The summed E-state index contributed by atoms with van der Waals surface area (Å²) in [6, 6.07) is 6.01. The van der Waals surface area contributed by atoms with Gasteiger partial charge in [0.2, 0.25) is 0 Å². The number of likely N-dealkylation sites (tertiary alicyclic amines) is 1. The van der Waals surface area contributed by atoms with Crippen molar-refractivity contribution < 1.29 is 13.9 Å². The summed E-state index contributed by atoms with van der Waals surface area (Å²) in [5.41, 5.74) is 1.42. The molecule has 1 saturated heterocycles. The van der Waals surface area contributed by atoms with Crippen LogP contribution in [0.5, 0.6) is 5.75 Å². The molecule has 5 nitrogen and oxygen atoms in total. The number of nitrogens with zero attached hydrogens (tertiary/aromatic N) is 2. The van der Waals surface area contributed by atoms with E-state index in [-0.39, 0.29) is 17.6 Å². The smallest absolute Gasteiger partial charge is 0.257 e. The van der Waals surface area contributed by atoms with E-state index in [1.165, 1.54) is 12.1 Å². The molecule has 1 N–H and O–H groups in total. The van der Waals surface area contributed by atoms with Gasteiger partial charge in [-0.15, -0.1) is 0 Å². The molecule has 2 heterocycles. The molecule has 0 unspecified atom stereocenters. The Bertz CT molecular complexity index is 669. The van der Waals surface area contributed by atoms with Gasteiger partial charge in [-0.3, -0.25) is 9.89 Å². The first kappa shape index (κ1) is 15.5. The van der Waals surface area contributed by atoms with Gasteiger partial charge < -0.3 is 9.64 Å². The number of halogens is 1. The maximum atomic E-state index is 12.9. The van der Waals surface area contributed by atoms with Crippen LogP contribution in [0.15, 0.2) is 30.5 Å². The molecular weight excluding hydrogens is 297 g/mol. The molecule has 2 aromatic rings. The number of piperidine rings is 1. The molecule has 0 spiro atoms. The number of aromatic amines is 1. The second kappa shape index (κ2) is 6.81. The highest BCUT2D eigenvalue weighted by Gasteiger charge is 2.26. The Morgan fingerprint density at radius 1 is 1.43 bits per heavy atom. The lowest BCUT2D eigenvalue weighted by Gasteiger charge is -2.32. The van der Waals surface area contributed by atoms with E-state index >= 15 is 0 Å². The molecule has 23 heavy (non-hydrogen) atoms. The number of hydrogen-bond donors (Lipinski definition) is 1. The van der Waals surface area contributed by atoms with Crippen LogP contribution in [0, 0.1) is 18.7 Å². The number of carbonyl (C=O) groups is 1. The monoisotopic (exact) mass is 317 g/mol. The molecule has 1 fully saturated rings. The van der Waals surface area contributed by atoms with Crippen LogP contribution in [0.4, 0.5) is 4.39 Å². The van der Waals surface area contributed by atoms with Crippen molar-refractivity contribution in [2.24, 2.45) is 5.92 Å². The third kappa shape index (κ3) is 3.70. The normalized spacial score (nSPS) is 18.0. The van der Waals surface area contributed by atoms with Crippen molar-refractivity contribution in [2.45, 2.75) is 19.8 Å². The molecule has 1 atom stereocenters. The SMILES string of the molecule is Cc1[nH]ncc1C(=O)N1CCC[C@H](COc2ccc(F)cc2)C1. The quantitative estimate of drug-likeness (QED) is 0.943. The molecule has 1 aliphatic rings. The lowest BCUT2D eigenvalue weighted by Crippen LogP contribution is -2.41. The van der Waals surface area contributed by atoms with E-state index in [2.05, 4.69) is 10.2 Å². The third-order valence-electron chi connectivity index (χ3n) is 4.17. The number of amides is 1. The number of aromatic nitrogens is 2. The molecule has 0 aliphatic carbocycles. The molecule has 1 aromatic heterocycles. The minimum atomic E-state index is -0.276. The van der Waals surface area contributed by atoms with Crippen molar-refractivity contribution in [2.75, 3.05) is 19.7 Å². The Morgan fingerprint density at radius 3 is 2.91 bits per heavy atom. The number of ether oxygens (including phenoxy) is 1. The van der Waals surface area contributed by atoms with E-state index in [4.69, 9.17) is 4.74 Å². The van der Waals surface area contributed by atoms with Crippen LogP contribution in [-0.4, -0.2) is 40.7 Å². The summed E-state index contributed by atoms with van der Waals surface area (Å²) >= 11 is 0. The largest absolute Gasteiger partial charge is 0.493 e. The van der Waals surface area contributed by atoms with Gasteiger partial charge >= 0.3 is 0 Å². The van der Waals surface area contributed by atoms with Crippen molar-refractivity contribution in [1.82, 2.24) is 15.1 Å². The molecule has 1 aliphatic heterocycles. The summed E-state index contributed by atoms with van der Waals surface area (Å²) in [6.07, 6.45) is 3.56. The van der Waals surface area contributed by atoms with Crippen LogP contribution in [0.25, 0.3) is 0 Å². The Labute approximate surface area is 134 Å². The van der Waals surface area contributed by atoms with Crippen molar-refractivity contribution in [3.8, 4) is 5.75 Å². The lowest BCUT2D eigenvalue weighted by atomic mass is 9.98. The standard InChI is InChI=1S/C17H20FN3O2/c1-12-16(9-19-20-12)17(22)21-8-2-3-13(10-21)11-23-15-6-4-14(18)5-7-15/h4-7,9,13H,2-3,8,10-11H2,1H3,(H,19,20)/t13-/m0/s1. The number of benzene rings is 1. The average Bonchev–Trinajstić information content (AvgIpc) is 3.00. The van der Waals surface area contributed by atoms with Gasteiger partial charge in [0.1, 0.15) is 11.6 Å². The van der Waals surface area contributed by atoms with Crippen molar-refractivity contribution in [3.05, 3.63) is 47.5 Å². The molecule has 122 valence electrons. The third-order valence-corrected chi connectivity index (χ3v) is 4.17. The maximum Gasteiger partial charge on any atom is 0.257 e. The van der Waals surface area contributed by atoms with Crippen LogP contribution in [0.3, 0.4) is 0 Å². The highest BCUT2D eigenvalue weighted by atomic mass is 19.1. The summed E-state index contributed by atoms with van der Waals surface area (Å²) in [6.45, 7) is 3.81. The van der Waals surface area contributed by atoms with Crippen molar-refractivity contribution in [3.63, 3.8) is 0 Å². The van der Waals surface area contributed by atoms with Gasteiger partial charge in [-0.25, -0.2) is 4.39 Å². The van der Waals surface area contributed by atoms with E-state index in [1.807, 2.05) is 11.8 Å². The number of hydrogen-bond acceptors (Lipinski definition) is 3. The van der Waals surface area contributed by atoms with Gasteiger partial charge in [0.25, 0.3) is 5.91 Å². The van der Waals surface area contributed by atoms with Crippen LogP contribution < -0.4 is 4.74 Å². The second-order valence-electron chi connectivity index (χ2n) is 5.93. The molecule has 0 bridgehead atoms. The van der Waals surface area contributed by atoms with E-state index in [0.717, 1.165) is 25.1 Å². The Balaban J connectivity index is 1.57. The summed E-state index contributed by atoms with van der Waals surface area (Å²) in [5.74, 6) is 0.676. The van der Waals surface area contributed by atoms with Crippen LogP contribution in [0.1, 0.15) is 28.9 Å². The summed E-state index contributed by atoms with van der Waals surface area (Å²) in [5, 5.41) is 6.71. The number of nitrogens with one attached hydrogen (secondary N) is 1. The van der Waals surface area contributed by atoms with Gasteiger partial charge in [0.05, 0.1) is 18.4 Å². The fourth-order valence-corrected chi connectivity index (χ4v) is 2.87. The lowest BCUT2D eigenvalue weighted by molar-refractivity contribution is 0.0632. The van der Waals surface area contributed by atoms with Crippen LogP contribution in [-0.2, 0) is 0 Å². The summed E-state index contributed by atoms with van der Waals surface area (Å²) in [7, 11) is 0. The van der Waals surface area contributed by atoms with Gasteiger partial charge in [0, 0.05) is 24.7 Å². The minimum Gasteiger partial charge on any atom is -0.493 e. The van der Waals surface area contributed by atoms with E-state index in [1.54, 1.807) is 18.3 Å². The summed E-state index contributed by atoms with van der Waals surface area (Å²) < 4.78 is 18.6. The molecule has 6 heteroatoms. The van der Waals surface area contributed by atoms with E-state index < -0.39 is 0 Å². The fraction of sp³-hybridized carbons (Fsp3) is 0.412. The van der Waals surface area contributed by atoms with E-state index in [9.17, 15) is 9.18 Å². The Hall–Kier alpha value is -2.37. The zero-order chi connectivity index (χ0) is 16.2. The zero-order valence-corrected chi connectivity index (χ0v) is 13.1. The van der Waals surface area contributed by atoms with Crippen molar-refractivity contribution in [1.29, 1.82) is 0 Å². The molecule has 0 saturated carbocycles. The minimum absolute atomic E-state index is 0.0164. The topological polar surface area (TPSA) is 58.2 Å². The molecular formula is C17H20FN3O2. The Kier molecular flexibility index (Phi) is 4.60. The van der Waals surface area contributed by atoms with Crippen LogP contribution >= 0.6 is 0 Å². The zero-order valence-electron chi connectivity index (χ0n) is 13.1. The highest BCUT2D eigenvalue weighted by Crippen LogP contribution is 2.21. The number of aryl methyl sites for hydroxylation is 1. The van der Waals surface area contributed by atoms with Gasteiger partial charge in [-0.05, 0) is 44.0 Å².